The van der Waals surface area contributed by atoms with E-state index in [-0.39, 0.29) is 0 Å². The molecule has 0 aliphatic carbocycles. The van der Waals surface area contributed by atoms with Crippen LogP contribution in [0.5, 0.6) is 0 Å². The van der Waals surface area contributed by atoms with Crippen LogP contribution in [0.2, 0.25) is 0 Å². The molecule has 0 bridgehead atoms. The van der Waals surface area contributed by atoms with Crippen molar-refractivity contribution in [1.29, 1.82) is 0 Å². The molecule has 1 aliphatic heterocycles. The molecular weight excluding hydrogens is 190 g/mol. The van der Waals surface area contributed by atoms with Gasteiger partial charge < -0.3 is 14.7 Å². The van der Waals surface area contributed by atoms with Gasteiger partial charge in [-0.2, -0.15) is 0 Å². The third kappa shape index (κ3) is 2.21. The topological polar surface area (TPSA) is 41.3 Å². The Hall–Kier alpha value is -0.870. The van der Waals surface area contributed by atoms with Crippen LogP contribution in [-0.2, 0) is 0 Å². The molecule has 2 heterocycles. The largest absolute Gasteiger partial charge is 0.359 e. The first-order valence-electron chi connectivity index (χ1n) is 5.55. The van der Waals surface area contributed by atoms with Crippen molar-refractivity contribution in [3.05, 3.63) is 17.5 Å². The molecule has 84 valence electrons. The summed E-state index contributed by atoms with van der Waals surface area (Å²) in [4.78, 5) is 2.31. The highest BCUT2D eigenvalue weighted by atomic mass is 16.5. The number of rotatable bonds is 2. The first kappa shape index (κ1) is 10.6. The van der Waals surface area contributed by atoms with E-state index in [9.17, 15) is 0 Å². The van der Waals surface area contributed by atoms with E-state index < -0.39 is 0 Å². The van der Waals surface area contributed by atoms with Crippen LogP contribution in [0, 0.1) is 0 Å². The van der Waals surface area contributed by atoms with E-state index >= 15 is 0 Å². The van der Waals surface area contributed by atoms with Gasteiger partial charge in [0.1, 0.15) is 0 Å². The number of nitrogens with one attached hydrogen (secondary N) is 1. The van der Waals surface area contributed by atoms with Crippen molar-refractivity contribution in [3.63, 3.8) is 0 Å². The molecule has 1 aromatic heterocycles. The lowest BCUT2D eigenvalue weighted by atomic mass is 10.00. The highest BCUT2D eigenvalue weighted by molar-refractivity contribution is 5.21. The number of piperazine rings is 1. The smallest absolute Gasteiger partial charge is 0.158 e. The molecule has 1 fully saturated rings. The molecule has 4 heteroatoms. The lowest BCUT2D eigenvalue weighted by Gasteiger charge is -2.30. The molecule has 0 aromatic carbocycles. The van der Waals surface area contributed by atoms with E-state index in [1.807, 2.05) is 6.20 Å². The zero-order chi connectivity index (χ0) is 10.8. The van der Waals surface area contributed by atoms with Gasteiger partial charge in [-0.15, -0.1) is 0 Å². The first-order valence-corrected chi connectivity index (χ1v) is 5.55. The Balaban J connectivity index is 2.17. The Morgan fingerprint density at radius 2 is 2.40 bits per heavy atom. The molecule has 1 saturated heterocycles. The number of hydrogen-bond acceptors (Lipinski definition) is 4. The normalized spacial score (nSPS) is 23.6. The van der Waals surface area contributed by atoms with Gasteiger partial charge in [-0.25, -0.2) is 0 Å². The maximum Gasteiger partial charge on any atom is 0.158 e. The van der Waals surface area contributed by atoms with Crippen LogP contribution in [0.3, 0.4) is 0 Å². The van der Waals surface area contributed by atoms with Gasteiger partial charge in [0.15, 0.2) is 5.76 Å². The summed E-state index contributed by atoms with van der Waals surface area (Å²) in [5.74, 6) is 1.48. The van der Waals surface area contributed by atoms with Crippen LogP contribution in [0.1, 0.15) is 37.1 Å². The monoisotopic (exact) mass is 209 g/mol. The number of nitrogens with zero attached hydrogens (tertiary/aromatic N) is 2. The molecule has 15 heavy (non-hydrogen) atoms. The van der Waals surface area contributed by atoms with Crippen LogP contribution in [0.25, 0.3) is 0 Å². The maximum absolute atomic E-state index is 5.37. The van der Waals surface area contributed by atoms with Crippen molar-refractivity contribution in [2.24, 2.45) is 0 Å². The van der Waals surface area contributed by atoms with Crippen molar-refractivity contribution in [1.82, 2.24) is 15.4 Å². The Morgan fingerprint density at radius 1 is 1.60 bits per heavy atom. The van der Waals surface area contributed by atoms with Gasteiger partial charge in [0.2, 0.25) is 0 Å². The quantitative estimate of drug-likeness (QED) is 0.799. The minimum Gasteiger partial charge on any atom is -0.359 e. The van der Waals surface area contributed by atoms with E-state index in [2.05, 4.69) is 36.3 Å². The Labute approximate surface area is 90.6 Å². The highest BCUT2D eigenvalue weighted by Crippen LogP contribution is 2.26. The fourth-order valence-electron chi connectivity index (χ4n) is 2.03. The van der Waals surface area contributed by atoms with Gasteiger partial charge >= 0.3 is 0 Å². The molecule has 2 rings (SSSR count). The van der Waals surface area contributed by atoms with Crippen molar-refractivity contribution in [2.75, 3.05) is 26.7 Å². The fraction of sp³-hybridized carbons (Fsp3) is 0.727. The van der Waals surface area contributed by atoms with Crippen LogP contribution < -0.4 is 5.32 Å². The maximum atomic E-state index is 5.37. The van der Waals surface area contributed by atoms with E-state index in [1.54, 1.807) is 0 Å². The van der Waals surface area contributed by atoms with E-state index in [4.69, 9.17) is 4.52 Å². The molecule has 0 radical (unpaired) electrons. The van der Waals surface area contributed by atoms with Crippen molar-refractivity contribution in [2.45, 2.75) is 25.8 Å². The Kier molecular flexibility index (Phi) is 3.07. The van der Waals surface area contributed by atoms with E-state index in [0.29, 0.717) is 12.0 Å². The summed E-state index contributed by atoms with van der Waals surface area (Å²) in [5.41, 5.74) is 1.22. The summed E-state index contributed by atoms with van der Waals surface area (Å²) in [6.45, 7) is 7.45. The molecule has 4 nitrogen and oxygen atoms in total. The molecule has 0 saturated carbocycles. The lowest BCUT2D eigenvalue weighted by molar-refractivity contribution is 0.211. The van der Waals surface area contributed by atoms with Gasteiger partial charge in [0.25, 0.3) is 0 Å². The SMILES string of the molecule is CC(C)c1cnoc1C1CN(C)CCN1. The summed E-state index contributed by atoms with van der Waals surface area (Å²) in [7, 11) is 2.14. The second-order valence-electron chi connectivity index (χ2n) is 4.57. The number of likely N-dealkylation sites (N-methyl/N-ethyl adjacent to an activating group) is 1. The predicted octanol–water partition coefficient (Wildman–Crippen LogP) is 1.37. The van der Waals surface area contributed by atoms with E-state index in [0.717, 1.165) is 25.4 Å². The summed E-state index contributed by atoms with van der Waals surface area (Å²) in [6, 6.07) is 0.295. The van der Waals surface area contributed by atoms with Crippen LogP contribution >= 0.6 is 0 Å². The van der Waals surface area contributed by atoms with Crippen molar-refractivity contribution >= 4 is 0 Å². The summed E-state index contributed by atoms with van der Waals surface area (Å²) >= 11 is 0. The van der Waals surface area contributed by atoms with Gasteiger partial charge in [0, 0.05) is 25.2 Å². The van der Waals surface area contributed by atoms with Crippen molar-refractivity contribution in [3.8, 4) is 0 Å². The molecule has 1 aliphatic rings. The predicted molar refractivity (Wildman–Crippen MR) is 58.8 cm³/mol. The Bertz CT molecular complexity index is 321. The third-order valence-corrected chi connectivity index (χ3v) is 2.94. The molecule has 0 spiro atoms. The van der Waals surface area contributed by atoms with Gasteiger partial charge in [-0.3, -0.25) is 0 Å². The summed E-state index contributed by atoms with van der Waals surface area (Å²) < 4.78 is 5.37. The minimum atomic E-state index is 0.295. The van der Waals surface area contributed by atoms with Gasteiger partial charge in [0.05, 0.1) is 12.2 Å². The molecule has 1 unspecified atom stereocenters. The average Bonchev–Trinajstić information content (AvgIpc) is 2.65. The van der Waals surface area contributed by atoms with Gasteiger partial charge in [-0.1, -0.05) is 19.0 Å². The van der Waals surface area contributed by atoms with Crippen LogP contribution in [-0.4, -0.2) is 36.7 Å². The second kappa shape index (κ2) is 4.33. The fourth-order valence-corrected chi connectivity index (χ4v) is 2.03. The summed E-state index contributed by atoms with van der Waals surface area (Å²) in [5, 5.41) is 7.38. The molecule has 0 amide bonds. The van der Waals surface area contributed by atoms with Crippen LogP contribution in [0.4, 0.5) is 0 Å². The third-order valence-electron chi connectivity index (χ3n) is 2.94. The van der Waals surface area contributed by atoms with E-state index in [1.165, 1.54) is 5.56 Å². The first-order chi connectivity index (χ1) is 7.18. The molecule has 1 aromatic rings. The zero-order valence-corrected chi connectivity index (χ0v) is 9.66. The summed E-state index contributed by atoms with van der Waals surface area (Å²) in [6.07, 6.45) is 1.84. The highest BCUT2D eigenvalue weighted by Gasteiger charge is 2.25. The molecule has 1 N–H and O–H groups in total. The van der Waals surface area contributed by atoms with Crippen LogP contribution in [0.15, 0.2) is 10.7 Å². The lowest BCUT2D eigenvalue weighted by Crippen LogP contribution is -2.43. The van der Waals surface area contributed by atoms with Gasteiger partial charge in [-0.05, 0) is 13.0 Å². The Morgan fingerprint density at radius 3 is 3.07 bits per heavy atom. The molecule has 1 atom stereocenters. The number of aromatic nitrogens is 1. The minimum absolute atomic E-state index is 0.295. The average molecular weight is 209 g/mol. The molecular formula is C11H19N3O. The second-order valence-corrected chi connectivity index (χ2v) is 4.57. The standard InChI is InChI=1S/C11H19N3O/c1-8(2)9-6-13-15-11(9)10-7-14(3)5-4-12-10/h6,8,10,12H,4-5,7H2,1-3H3. The van der Waals surface area contributed by atoms with Crippen molar-refractivity contribution < 1.29 is 4.52 Å². The number of hydrogen-bond donors (Lipinski definition) is 1. The zero-order valence-electron chi connectivity index (χ0n) is 9.66.